The Kier molecular flexibility index (Phi) is 7.38. The first kappa shape index (κ1) is 20.9. The number of rotatable bonds is 9. The molecule has 0 spiro atoms. The van der Waals surface area contributed by atoms with Crippen molar-refractivity contribution in [1.29, 1.82) is 0 Å². The Labute approximate surface area is 161 Å². The topological polar surface area (TPSA) is 84.5 Å². The molecule has 0 aliphatic rings. The van der Waals surface area contributed by atoms with Gasteiger partial charge in [-0.25, -0.2) is 13.1 Å². The molecule has 0 saturated carbocycles. The van der Waals surface area contributed by atoms with Gasteiger partial charge in [0.15, 0.2) is 0 Å². The Hall–Kier alpha value is -2.38. The average Bonchev–Trinajstić information content (AvgIpc) is 2.63. The van der Waals surface area contributed by atoms with Crippen LogP contribution in [0.25, 0.3) is 0 Å². The monoisotopic (exact) mass is 390 g/mol. The lowest BCUT2D eigenvalue weighted by atomic mass is 10.1. The van der Waals surface area contributed by atoms with Gasteiger partial charge in [0.1, 0.15) is 5.75 Å². The summed E-state index contributed by atoms with van der Waals surface area (Å²) < 4.78 is 32.4. The van der Waals surface area contributed by atoms with Gasteiger partial charge in [-0.3, -0.25) is 4.79 Å². The van der Waals surface area contributed by atoms with Gasteiger partial charge >= 0.3 is 0 Å². The van der Waals surface area contributed by atoms with Gasteiger partial charge in [-0.05, 0) is 67.8 Å². The van der Waals surface area contributed by atoms with E-state index in [-0.39, 0.29) is 10.8 Å². The first-order chi connectivity index (χ1) is 12.8. The molecule has 2 aromatic carbocycles. The third-order valence-corrected chi connectivity index (χ3v) is 5.34. The Bertz CT molecular complexity index is 845. The highest BCUT2D eigenvalue weighted by Crippen LogP contribution is 2.17. The first-order valence-corrected chi connectivity index (χ1v) is 10.4. The maximum absolute atomic E-state index is 12.3. The van der Waals surface area contributed by atoms with E-state index in [1.54, 1.807) is 24.3 Å². The highest BCUT2D eigenvalue weighted by molar-refractivity contribution is 7.89. The summed E-state index contributed by atoms with van der Waals surface area (Å²) >= 11 is 0. The van der Waals surface area contributed by atoms with E-state index in [1.807, 2.05) is 20.8 Å². The second-order valence-corrected chi connectivity index (χ2v) is 8.28. The Morgan fingerprint density at radius 1 is 1.04 bits per heavy atom. The van der Waals surface area contributed by atoms with Gasteiger partial charge in [0.05, 0.1) is 11.5 Å². The van der Waals surface area contributed by atoms with Crippen molar-refractivity contribution >= 4 is 21.6 Å². The maximum Gasteiger partial charge on any atom is 0.255 e. The molecule has 0 aliphatic carbocycles. The average molecular weight is 391 g/mol. The summed E-state index contributed by atoms with van der Waals surface area (Å²) in [4.78, 5) is 12.5. The van der Waals surface area contributed by atoms with Gasteiger partial charge in [-0.1, -0.05) is 13.8 Å². The highest BCUT2D eigenvalue weighted by atomic mass is 32.2. The van der Waals surface area contributed by atoms with Crippen LogP contribution in [-0.2, 0) is 10.0 Å². The van der Waals surface area contributed by atoms with E-state index in [1.165, 1.54) is 24.3 Å². The van der Waals surface area contributed by atoms with Crippen LogP contribution in [0.1, 0.15) is 37.6 Å². The molecule has 0 bridgehead atoms. The van der Waals surface area contributed by atoms with Crippen LogP contribution in [0, 0.1) is 5.92 Å². The highest BCUT2D eigenvalue weighted by Gasteiger charge is 2.15. The summed E-state index contributed by atoms with van der Waals surface area (Å²) in [5.74, 6) is 0.840. The van der Waals surface area contributed by atoms with Crippen molar-refractivity contribution in [3.05, 3.63) is 54.1 Å². The lowest BCUT2D eigenvalue weighted by Gasteiger charge is -2.10. The second-order valence-electron chi connectivity index (χ2n) is 6.52. The van der Waals surface area contributed by atoms with Crippen molar-refractivity contribution in [2.45, 2.75) is 32.1 Å². The van der Waals surface area contributed by atoms with Gasteiger partial charge in [0.25, 0.3) is 5.91 Å². The number of hydrogen-bond acceptors (Lipinski definition) is 4. The van der Waals surface area contributed by atoms with E-state index in [2.05, 4.69) is 10.0 Å². The Balaban J connectivity index is 2.00. The van der Waals surface area contributed by atoms with Crippen molar-refractivity contribution < 1.29 is 17.9 Å². The molecule has 2 aromatic rings. The summed E-state index contributed by atoms with van der Waals surface area (Å²) in [6.07, 6.45) is 0.766. The summed E-state index contributed by atoms with van der Waals surface area (Å²) in [6.45, 7) is 6.94. The van der Waals surface area contributed by atoms with Gasteiger partial charge in [-0.2, -0.15) is 0 Å². The molecule has 27 heavy (non-hydrogen) atoms. The van der Waals surface area contributed by atoms with E-state index < -0.39 is 10.0 Å². The van der Waals surface area contributed by atoms with Crippen molar-refractivity contribution in [3.8, 4) is 5.75 Å². The molecule has 6 nitrogen and oxygen atoms in total. The van der Waals surface area contributed by atoms with Crippen molar-refractivity contribution in [2.75, 3.05) is 18.5 Å². The number of anilines is 1. The third kappa shape index (κ3) is 6.37. The molecular weight excluding hydrogens is 364 g/mol. The molecule has 1 amide bonds. The molecule has 0 radical (unpaired) electrons. The number of sulfonamides is 1. The van der Waals surface area contributed by atoms with E-state index >= 15 is 0 Å². The van der Waals surface area contributed by atoms with Gasteiger partial charge in [0.2, 0.25) is 10.0 Å². The SMILES string of the molecule is CCOc1ccc(NC(=O)c2ccc(S(=O)(=O)NCCC(C)C)cc2)cc1. The minimum Gasteiger partial charge on any atom is -0.494 e. The summed E-state index contributed by atoms with van der Waals surface area (Å²) in [6, 6.07) is 12.9. The smallest absolute Gasteiger partial charge is 0.255 e. The molecule has 2 N–H and O–H groups in total. The first-order valence-electron chi connectivity index (χ1n) is 8.95. The third-order valence-electron chi connectivity index (χ3n) is 3.86. The number of carbonyl (C=O) groups excluding carboxylic acids is 1. The van der Waals surface area contributed by atoms with E-state index in [0.717, 1.165) is 12.2 Å². The fourth-order valence-electron chi connectivity index (χ4n) is 2.36. The van der Waals surface area contributed by atoms with Crippen LogP contribution >= 0.6 is 0 Å². The number of ether oxygens (including phenoxy) is 1. The molecule has 0 fully saturated rings. The summed E-state index contributed by atoms with van der Waals surface area (Å²) in [5.41, 5.74) is 1.01. The Morgan fingerprint density at radius 2 is 1.67 bits per heavy atom. The molecule has 0 unspecified atom stereocenters. The maximum atomic E-state index is 12.3. The zero-order valence-electron chi connectivity index (χ0n) is 15.9. The normalized spacial score (nSPS) is 11.4. The predicted molar refractivity (Wildman–Crippen MR) is 107 cm³/mol. The van der Waals surface area contributed by atoms with Crippen molar-refractivity contribution in [2.24, 2.45) is 5.92 Å². The number of carbonyl (C=O) groups is 1. The molecule has 0 heterocycles. The van der Waals surface area contributed by atoms with Crippen molar-refractivity contribution in [3.63, 3.8) is 0 Å². The summed E-state index contributed by atoms with van der Waals surface area (Å²) in [5, 5.41) is 2.77. The predicted octanol–water partition coefficient (Wildman–Crippen LogP) is 3.66. The van der Waals surface area contributed by atoms with Gasteiger partial charge in [-0.15, -0.1) is 0 Å². The van der Waals surface area contributed by atoms with E-state index in [4.69, 9.17) is 4.74 Å². The van der Waals surface area contributed by atoms with Crippen LogP contribution in [0.4, 0.5) is 5.69 Å². The molecule has 0 aromatic heterocycles. The summed E-state index contributed by atoms with van der Waals surface area (Å²) in [7, 11) is -3.56. The van der Waals surface area contributed by atoms with Gasteiger partial charge < -0.3 is 10.1 Å². The molecule has 146 valence electrons. The molecule has 0 atom stereocenters. The molecule has 2 rings (SSSR count). The largest absolute Gasteiger partial charge is 0.494 e. The van der Waals surface area contributed by atoms with Crippen LogP contribution in [0.3, 0.4) is 0 Å². The van der Waals surface area contributed by atoms with Crippen LogP contribution < -0.4 is 14.8 Å². The van der Waals surface area contributed by atoms with E-state index in [0.29, 0.717) is 30.3 Å². The van der Waals surface area contributed by atoms with Crippen LogP contribution in [0.15, 0.2) is 53.4 Å². The second kappa shape index (κ2) is 9.53. The molecule has 7 heteroatoms. The Morgan fingerprint density at radius 3 is 2.22 bits per heavy atom. The standard InChI is InChI=1S/C20H26N2O4S/c1-4-26-18-9-7-17(8-10-18)22-20(23)16-5-11-19(12-6-16)27(24,25)21-14-13-15(2)3/h5-12,15,21H,4,13-14H2,1-3H3,(H,22,23). The minimum absolute atomic E-state index is 0.142. The zero-order valence-corrected chi connectivity index (χ0v) is 16.7. The van der Waals surface area contributed by atoms with E-state index in [9.17, 15) is 13.2 Å². The number of benzene rings is 2. The zero-order chi connectivity index (χ0) is 19.9. The molecular formula is C20H26N2O4S. The van der Waals surface area contributed by atoms with Crippen molar-refractivity contribution in [1.82, 2.24) is 4.72 Å². The quantitative estimate of drug-likeness (QED) is 0.684. The lowest BCUT2D eigenvalue weighted by Crippen LogP contribution is -2.25. The van der Waals surface area contributed by atoms with Gasteiger partial charge in [0, 0.05) is 17.8 Å². The number of nitrogens with one attached hydrogen (secondary N) is 2. The number of hydrogen-bond donors (Lipinski definition) is 2. The number of amides is 1. The van der Waals surface area contributed by atoms with Crippen LogP contribution in [-0.4, -0.2) is 27.5 Å². The fraction of sp³-hybridized carbons (Fsp3) is 0.350. The minimum atomic E-state index is -3.56. The lowest BCUT2D eigenvalue weighted by molar-refractivity contribution is 0.102. The van der Waals surface area contributed by atoms with Crippen LogP contribution in [0.5, 0.6) is 5.75 Å². The molecule has 0 saturated heterocycles. The van der Waals surface area contributed by atoms with Crippen LogP contribution in [0.2, 0.25) is 0 Å². The fourth-order valence-corrected chi connectivity index (χ4v) is 3.40. The molecule has 0 aliphatic heterocycles.